The Labute approximate surface area is 156 Å². The molecule has 0 radical (unpaired) electrons. The number of fused-ring (bicyclic) bond motifs is 2. The van der Waals surface area contributed by atoms with E-state index in [1.165, 1.54) is 0 Å². The average Bonchev–Trinajstić information content (AvgIpc) is 2.65. The first-order valence-electron chi connectivity index (χ1n) is 8.88. The largest absolute Gasteiger partial charge is 0.508 e. The van der Waals surface area contributed by atoms with Gasteiger partial charge in [0.1, 0.15) is 23.0 Å². The van der Waals surface area contributed by atoms with Gasteiger partial charge in [0.25, 0.3) is 0 Å². The monoisotopic (exact) mass is 360 g/mol. The van der Waals surface area contributed by atoms with Crippen molar-refractivity contribution in [3.63, 3.8) is 0 Å². The number of phenolic OH excluding ortho intramolecular Hbond substituents is 4. The van der Waals surface area contributed by atoms with Crippen molar-refractivity contribution in [1.29, 1.82) is 0 Å². The molecule has 0 saturated carbocycles. The summed E-state index contributed by atoms with van der Waals surface area (Å²) in [4.78, 5) is 0. The number of hydrogen-bond acceptors (Lipinski definition) is 4. The van der Waals surface area contributed by atoms with E-state index < -0.39 is 0 Å². The minimum absolute atomic E-state index is 0.108. The molecule has 0 spiro atoms. The Morgan fingerprint density at radius 1 is 0.630 bits per heavy atom. The van der Waals surface area contributed by atoms with E-state index in [0.29, 0.717) is 17.5 Å². The van der Waals surface area contributed by atoms with Gasteiger partial charge in [0, 0.05) is 17.0 Å². The number of hydrogen-bond donors (Lipinski definition) is 4. The Balaban J connectivity index is 2.08. The van der Waals surface area contributed by atoms with Crippen LogP contribution in [0.4, 0.5) is 0 Å². The van der Waals surface area contributed by atoms with Crippen LogP contribution in [-0.4, -0.2) is 20.4 Å². The van der Waals surface area contributed by atoms with Crippen LogP contribution >= 0.6 is 0 Å². The van der Waals surface area contributed by atoms with Crippen LogP contribution in [-0.2, 0) is 0 Å². The molecule has 136 valence electrons. The maximum atomic E-state index is 10.7. The van der Waals surface area contributed by atoms with Gasteiger partial charge in [-0.1, -0.05) is 31.2 Å². The standard InChI is InChI=1S/C23H20O4/c1-2-17(22-18-11-15(24)7-3-13(18)5-9-20(22)26)23-19-12-16(25)8-4-14(19)6-10-21(23)27/h3-12,17,24-27H,2H2,1H3. The van der Waals surface area contributed by atoms with Crippen LogP contribution in [0.5, 0.6) is 23.0 Å². The molecule has 0 atom stereocenters. The van der Waals surface area contributed by atoms with Crippen LogP contribution in [0.15, 0.2) is 60.7 Å². The SMILES string of the molecule is CCC(c1c(O)ccc2ccc(O)cc12)c1c(O)ccc2ccc(O)cc12. The molecule has 4 heteroatoms. The van der Waals surface area contributed by atoms with Crippen LogP contribution in [0.25, 0.3) is 21.5 Å². The van der Waals surface area contributed by atoms with Crippen molar-refractivity contribution >= 4 is 21.5 Å². The number of rotatable bonds is 3. The molecule has 0 aliphatic rings. The van der Waals surface area contributed by atoms with E-state index in [1.807, 2.05) is 6.92 Å². The zero-order chi connectivity index (χ0) is 19.1. The summed E-state index contributed by atoms with van der Waals surface area (Å²) in [6, 6.07) is 17.0. The first kappa shape index (κ1) is 17.0. The predicted octanol–water partition coefficient (Wildman–Crippen LogP) is 5.36. The van der Waals surface area contributed by atoms with Gasteiger partial charge in [-0.3, -0.25) is 0 Å². The van der Waals surface area contributed by atoms with Gasteiger partial charge in [-0.25, -0.2) is 0 Å². The first-order valence-corrected chi connectivity index (χ1v) is 8.88. The maximum Gasteiger partial charge on any atom is 0.120 e. The van der Waals surface area contributed by atoms with Gasteiger partial charge in [0.2, 0.25) is 0 Å². The second-order valence-corrected chi connectivity index (χ2v) is 6.77. The lowest BCUT2D eigenvalue weighted by Gasteiger charge is -2.22. The van der Waals surface area contributed by atoms with Crippen molar-refractivity contribution < 1.29 is 20.4 Å². The lowest BCUT2D eigenvalue weighted by molar-refractivity contribution is 0.455. The highest BCUT2D eigenvalue weighted by Gasteiger charge is 2.24. The Morgan fingerprint density at radius 2 is 1.04 bits per heavy atom. The minimum Gasteiger partial charge on any atom is -0.508 e. The molecule has 0 saturated heterocycles. The van der Waals surface area contributed by atoms with Crippen molar-refractivity contribution in [2.45, 2.75) is 19.3 Å². The summed E-state index contributed by atoms with van der Waals surface area (Å²) in [6.45, 7) is 1.98. The topological polar surface area (TPSA) is 80.9 Å². The molecule has 4 aromatic rings. The van der Waals surface area contributed by atoms with Gasteiger partial charge in [-0.2, -0.15) is 0 Å². The molecule has 0 unspecified atom stereocenters. The van der Waals surface area contributed by atoms with E-state index in [2.05, 4.69) is 0 Å². The van der Waals surface area contributed by atoms with Crippen molar-refractivity contribution in [2.24, 2.45) is 0 Å². The van der Waals surface area contributed by atoms with Crippen LogP contribution in [0.3, 0.4) is 0 Å². The fourth-order valence-electron chi connectivity index (χ4n) is 3.92. The Bertz CT molecular complexity index is 1060. The summed E-state index contributed by atoms with van der Waals surface area (Å²) in [5, 5.41) is 44.5. The van der Waals surface area contributed by atoms with Gasteiger partial charge >= 0.3 is 0 Å². The molecule has 0 fully saturated rings. The Hall–Kier alpha value is -3.40. The second-order valence-electron chi connectivity index (χ2n) is 6.77. The molecule has 0 aliphatic carbocycles. The molecular formula is C23H20O4. The quantitative estimate of drug-likeness (QED) is 0.397. The Morgan fingerprint density at radius 3 is 1.44 bits per heavy atom. The van der Waals surface area contributed by atoms with Crippen molar-refractivity contribution in [3.8, 4) is 23.0 Å². The molecule has 4 rings (SSSR count). The molecule has 0 heterocycles. The Kier molecular flexibility index (Phi) is 4.04. The van der Waals surface area contributed by atoms with Gasteiger partial charge < -0.3 is 20.4 Å². The highest BCUT2D eigenvalue weighted by molar-refractivity contribution is 5.93. The van der Waals surface area contributed by atoms with Gasteiger partial charge in [0.15, 0.2) is 0 Å². The van der Waals surface area contributed by atoms with Crippen molar-refractivity contribution in [1.82, 2.24) is 0 Å². The van der Waals surface area contributed by atoms with E-state index >= 15 is 0 Å². The number of aromatic hydroxyl groups is 4. The van der Waals surface area contributed by atoms with E-state index in [9.17, 15) is 20.4 Å². The molecule has 4 aromatic carbocycles. The molecule has 27 heavy (non-hydrogen) atoms. The van der Waals surface area contributed by atoms with Crippen LogP contribution in [0, 0.1) is 0 Å². The van der Waals surface area contributed by atoms with Crippen LogP contribution in [0.2, 0.25) is 0 Å². The zero-order valence-corrected chi connectivity index (χ0v) is 14.8. The third-order valence-electron chi connectivity index (χ3n) is 5.15. The summed E-state index contributed by atoms with van der Waals surface area (Å²) >= 11 is 0. The van der Waals surface area contributed by atoms with Gasteiger partial charge in [0.05, 0.1) is 0 Å². The zero-order valence-electron chi connectivity index (χ0n) is 14.8. The minimum atomic E-state index is -0.319. The molecule has 4 N–H and O–H groups in total. The van der Waals surface area contributed by atoms with E-state index in [1.54, 1.807) is 60.7 Å². The highest BCUT2D eigenvalue weighted by Crippen LogP contribution is 2.45. The third-order valence-corrected chi connectivity index (χ3v) is 5.15. The summed E-state index contributed by atoms with van der Waals surface area (Å²) < 4.78 is 0. The lowest BCUT2D eigenvalue weighted by Crippen LogP contribution is -2.03. The number of phenols is 4. The average molecular weight is 360 g/mol. The smallest absolute Gasteiger partial charge is 0.120 e. The summed E-state index contributed by atoms with van der Waals surface area (Å²) in [5.74, 6) is 0.127. The van der Waals surface area contributed by atoms with E-state index in [-0.39, 0.29) is 28.9 Å². The second kappa shape index (κ2) is 6.40. The highest BCUT2D eigenvalue weighted by atomic mass is 16.3. The molecular weight excluding hydrogens is 340 g/mol. The van der Waals surface area contributed by atoms with Crippen molar-refractivity contribution in [2.75, 3.05) is 0 Å². The lowest BCUT2D eigenvalue weighted by atomic mass is 9.82. The third kappa shape index (κ3) is 2.79. The fourth-order valence-corrected chi connectivity index (χ4v) is 3.92. The normalized spacial score (nSPS) is 11.5. The van der Waals surface area contributed by atoms with E-state index in [0.717, 1.165) is 21.5 Å². The molecule has 0 aliphatic heterocycles. The molecule has 0 bridgehead atoms. The molecule has 4 nitrogen and oxygen atoms in total. The van der Waals surface area contributed by atoms with Crippen LogP contribution < -0.4 is 0 Å². The molecule has 0 aromatic heterocycles. The van der Waals surface area contributed by atoms with E-state index in [4.69, 9.17) is 0 Å². The summed E-state index contributed by atoms with van der Waals surface area (Å²) in [5.41, 5.74) is 1.30. The van der Waals surface area contributed by atoms with Crippen LogP contribution in [0.1, 0.15) is 30.4 Å². The molecule has 0 amide bonds. The predicted molar refractivity (Wildman–Crippen MR) is 107 cm³/mol. The van der Waals surface area contributed by atoms with Gasteiger partial charge in [-0.15, -0.1) is 0 Å². The maximum absolute atomic E-state index is 10.7. The fraction of sp³-hybridized carbons (Fsp3) is 0.130. The summed E-state index contributed by atoms with van der Waals surface area (Å²) in [6.07, 6.45) is 0.616. The summed E-state index contributed by atoms with van der Waals surface area (Å²) in [7, 11) is 0. The first-order chi connectivity index (χ1) is 13.0. The van der Waals surface area contributed by atoms with Gasteiger partial charge in [-0.05, 0) is 64.4 Å². The van der Waals surface area contributed by atoms with Crippen molar-refractivity contribution in [3.05, 3.63) is 71.8 Å². The number of benzene rings is 4.